The molecule has 1 saturated carbocycles. The van der Waals surface area contributed by atoms with E-state index in [9.17, 15) is 19.5 Å². The van der Waals surface area contributed by atoms with Gasteiger partial charge in [-0.1, -0.05) is 36.0 Å². The van der Waals surface area contributed by atoms with Crippen molar-refractivity contribution >= 4 is 62.5 Å². The Balaban J connectivity index is 1.22. The van der Waals surface area contributed by atoms with Crippen molar-refractivity contribution in [1.82, 2.24) is 4.98 Å². The predicted octanol–water partition coefficient (Wildman–Crippen LogP) is 4.50. The van der Waals surface area contributed by atoms with Crippen molar-refractivity contribution < 1.29 is 24.2 Å². The van der Waals surface area contributed by atoms with Gasteiger partial charge in [0.05, 0.1) is 40.6 Å². The summed E-state index contributed by atoms with van der Waals surface area (Å²) in [5.74, 6) is -1.91. The molecule has 1 fully saturated rings. The molecule has 0 unspecified atom stereocenters. The molecule has 2 bridgehead atoms. The number of anilines is 2. The van der Waals surface area contributed by atoms with Crippen LogP contribution in [0.5, 0.6) is 5.75 Å². The fourth-order valence-corrected chi connectivity index (χ4v) is 6.75. The highest BCUT2D eigenvalue weighted by Crippen LogP contribution is 2.48. The van der Waals surface area contributed by atoms with Crippen molar-refractivity contribution in [3.8, 4) is 5.75 Å². The number of carbonyl (C=O) groups is 3. The summed E-state index contributed by atoms with van der Waals surface area (Å²) in [6.07, 6.45) is 4.61. The van der Waals surface area contributed by atoms with Gasteiger partial charge in [-0.3, -0.25) is 14.4 Å². The first-order chi connectivity index (χ1) is 16.9. The zero-order valence-corrected chi connectivity index (χ0v) is 20.4. The Morgan fingerprint density at radius 3 is 2.66 bits per heavy atom. The van der Waals surface area contributed by atoms with Crippen LogP contribution in [0.15, 0.2) is 59.0 Å². The summed E-state index contributed by atoms with van der Waals surface area (Å²) in [7, 11) is 1.55. The first-order valence-electron chi connectivity index (χ1n) is 11.1. The maximum Gasteiger partial charge on any atom is 0.307 e. The number of para-hydroxylation sites is 2. The lowest BCUT2D eigenvalue weighted by Gasteiger charge is -2.23. The van der Waals surface area contributed by atoms with E-state index in [1.165, 1.54) is 23.1 Å². The van der Waals surface area contributed by atoms with E-state index in [0.29, 0.717) is 23.5 Å². The van der Waals surface area contributed by atoms with Crippen LogP contribution in [0, 0.1) is 23.7 Å². The summed E-state index contributed by atoms with van der Waals surface area (Å²) in [5, 5.41) is 15.4. The van der Waals surface area contributed by atoms with Crippen molar-refractivity contribution in [3.63, 3.8) is 0 Å². The van der Waals surface area contributed by atoms with Crippen molar-refractivity contribution in [2.24, 2.45) is 23.7 Å². The zero-order chi connectivity index (χ0) is 24.5. The molecule has 0 aliphatic heterocycles. The third kappa shape index (κ3) is 4.76. The van der Waals surface area contributed by atoms with Crippen LogP contribution in [0.1, 0.15) is 6.42 Å². The number of thiazole rings is 1. The van der Waals surface area contributed by atoms with Gasteiger partial charge in [-0.25, -0.2) is 4.98 Å². The van der Waals surface area contributed by atoms with Crippen LogP contribution >= 0.6 is 23.1 Å². The number of rotatable bonds is 8. The molecule has 1 aromatic heterocycles. The molecule has 8 nitrogen and oxygen atoms in total. The van der Waals surface area contributed by atoms with E-state index in [2.05, 4.69) is 15.6 Å². The summed E-state index contributed by atoms with van der Waals surface area (Å²) < 4.78 is 6.87. The normalized spacial score (nSPS) is 22.3. The summed E-state index contributed by atoms with van der Waals surface area (Å²) in [5.41, 5.74) is 1.99. The van der Waals surface area contributed by atoms with Gasteiger partial charge in [0, 0.05) is 5.69 Å². The van der Waals surface area contributed by atoms with Gasteiger partial charge in [-0.15, -0.1) is 11.3 Å². The number of carboxylic acid groups (broad SMARTS) is 1. The monoisotopic (exact) mass is 509 g/mol. The Morgan fingerprint density at radius 1 is 1.11 bits per heavy atom. The molecule has 2 amide bonds. The number of hydrogen-bond donors (Lipinski definition) is 3. The number of aliphatic carboxylic acids is 1. The first-order valence-corrected chi connectivity index (χ1v) is 12.9. The van der Waals surface area contributed by atoms with Crippen molar-refractivity contribution in [3.05, 3.63) is 54.6 Å². The number of methoxy groups -OCH3 is 1. The predicted molar refractivity (Wildman–Crippen MR) is 136 cm³/mol. The lowest BCUT2D eigenvalue weighted by molar-refractivity contribution is -0.146. The summed E-state index contributed by atoms with van der Waals surface area (Å²) in [4.78, 5) is 41.6. The van der Waals surface area contributed by atoms with Gasteiger partial charge in [-0.2, -0.15) is 0 Å². The average Bonchev–Trinajstić information content (AvgIpc) is 3.57. The van der Waals surface area contributed by atoms with Crippen LogP contribution in [-0.4, -0.2) is 40.7 Å². The number of benzene rings is 2. The molecule has 180 valence electrons. The Bertz CT molecular complexity index is 1340. The third-order valence-electron chi connectivity index (χ3n) is 6.39. The summed E-state index contributed by atoms with van der Waals surface area (Å²) in [6, 6.07) is 12.6. The molecule has 2 aromatic carbocycles. The standard InChI is InChI=1S/C25H23N3O5S2/c1-33-18-5-3-2-4-16(18)27-20(29)12-34-25-28-17-9-8-15(11-19(17)35-25)26-23(30)21-13-6-7-14(10-13)22(21)24(31)32/h2-9,11,13-14,21-22H,10,12H2,1H3,(H,26,30)(H,27,29)(H,31,32)/t13-,14-,21+,22+/m0/s1. The smallest absolute Gasteiger partial charge is 0.307 e. The minimum atomic E-state index is -0.920. The average molecular weight is 510 g/mol. The van der Waals surface area contributed by atoms with Crippen LogP contribution in [0.2, 0.25) is 0 Å². The van der Waals surface area contributed by atoms with E-state index >= 15 is 0 Å². The molecule has 5 rings (SSSR count). The number of amides is 2. The summed E-state index contributed by atoms with van der Waals surface area (Å²) in [6.45, 7) is 0. The minimum Gasteiger partial charge on any atom is -0.495 e. The molecule has 10 heteroatoms. The number of nitrogens with one attached hydrogen (secondary N) is 2. The molecule has 0 spiro atoms. The lowest BCUT2D eigenvalue weighted by Crippen LogP contribution is -2.36. The molecule has 35 heavy (non-hydrogen) atoms. The molecule has 4 atom stereocenters. The van der Waals surface area contributed by atoms with Crippen LogP contribution in [0.25, 0.3) is 10.2 Å². The number of carboxylic acids is 1. The fraction of sp³-hybridized carbons (Fsp3) is 0.280. The second kappa shape index (κ2) is 9.71. The molecule has 3 N–H and O–H groups in total. The summed E-state index contributed by atoms with van der Waals surface area (Å²) >= 11 is 2.77. The molecule has 3 aromatic rings. The van der Waals surface area contributed by atoms with Gasteiger partial charge in [-0.05, 0) is 48.6 Å². The van der Waals surface area contributed by atoms with Gasteiger partial charge in [0.1, 0.15) is 5.75 Å². The topological polar surface area (TPSA) is 118 Å². The second-order valence-corrected chi connectivity index (χ2v) is 10.8. The molecule has 2 aliphatic rings. The maximum atomic E-state index is 13.0. The molecule has 2 aliphatic carbocycles. The quantitative estimate of drug-likeness (QED) is 0.302. The van der Waals surface area contributed by atoms with Gasteiger partial charge < -0.3 is 20.5 Å². The highest BCUT2D eigenvalue weighted by Gasteiger charge is 2.51. The molecule has 0 radical (unpaired) electrons. The largest absolute Gasteiger partial charge is 0.495 e. The Morgan fingerprint density at radius 2 is 1.89 bits per heavy atom. The van der Waals surface area contributed by atoms with E-state index in [1.807, 2.05) is 36.4 Å². The van der Waals surface area contributed by atoms with Crippen molar-refractivity contribution in [2.45, 2.75) is 10.8 Å². The van der Waals surface area contributed by atoms with E-state index in [1.54, 1.807) is 25.3 Å². The van der Waals surface area contributed by atoms with Crippen LogP contribution in [0.4, 0.5) is 11.4 Å². The van der Waals surface area contributed by atoms with E-state index in [0.717, 1.165) is 14.6 Å². The SMILES string of the molecule is COc1ccccc1NC(=O)CSc1nc2ccc(NC(=O)[C@H]3[C@H](C(=O)O)[C@H]4C=C[C@H]3C4)cc2s1. The van der Waals surface area contributed by atoms with Gasteiger partial charge in [0.25, 0.3) is 0 Å². The van der Waals surface area contributed by atoms with Crippen LogP contribution in [-0.2, 0) is 14.4 Å². The fourth-order valence-electron chi connectivity index (χ4n) is 4.85. The zero-order valence-electron chi connectivity index (χ0n) is 18.8. The highest BCUT2D eigenvalue weighted by atomic mass is 32.2. The highest BCUT2D eigenvalue weighted by molar-refractivity contribution is 8.01. The van der Waals surface area contributed by atoms with Gasteiger partial charge >= 0.3 is 5.97 Å². The molecular formula is C25H23N3O5S2. The third-order valence-corrected chi connectivity index (χ3v) is 8.55. The number of aromatic nitrogens is 1. The second-order valence-electron chi connectivity index (χ2n) is 8.53. The van der Waals surface area contributed by atoms with Gasteiger partial charge in [0.2, 0.25) is 11.8 Å². The van der Waals surface area contributed by atoms with Crippen LogP contribution in [0.3, 0.4) is 0 Å². The number of ether oxygens (including phenoxy) is 1. The van der Waals surface area contributed by atoms with E-state index in [-0.39, 0.29) is 29.4 Å². The van der Waals surface area contributed by atoms with Crippen LogP contribution < -0.4 is 15.4 Å². The van der Waals surface area contributed by atoms with E-state index in [4.69, 9.17) is 4.74 Å². The molecule has 1 heterocycles. The first kappa shape index (κ1) is 23.4. The van der Waals surface area contributed by atoms with Crippen molar-refractivity contribution in [2.75, 3.05) is 23.5 Å². The maximum absolute atomic E-state index is 13.0. The number of hydrogen-bond acceptors (Lipinski definition) is 7. The minimum absolute atomic E-state index is 0.0294. The Kier molecular flexibility index (Phi) is 6.48. The molecular weight excluding hydrogens is 486 g/mol. The Labute approximate surface area is 209 Å². The number of allylic oxidation sites excluding steroid dienone is 2. The molecule has 0 saturated heterocycles. The van der Waals surface area contributed by atoms with Crippen molar-refractivity contribution in [1.29, 1.82) is 0 Å². The number of fused-ring (bicyclic) bond motifs is 3. The van der Waals surface area contributed by atoms with Gasteiger partial charge in [0.15, 0.2) is 4.34 Å². The lowest BCUT2D eigenvalue weighted by atomic mass is 9.82. The van der Waals surface area contributed by atoms with E-state index < -0.39 is 17.8 Å². The Hall–Kier alpha value is -3.37. The number of nitrogens with zero attached hydrogens (tertiary/aromatic N) is 1. The number of thioether (sulfide) groups is 1. The number of carbonyl (C=O) groups excluding carboxylic acids is 2.